The second-order valence-corrected chi connectivity index (χ2v) is 7.25. The van der Waals surface area contributed by atoms with Gasteiger partial charge >= 0.3 is 0 Å². The van der Waals surface area contributed by atoms with Gasteiger partial charge in [-0.25, -0.2) is 0 Å². The number of rotatable bonds is 6. The Balaban J connectivity index is 1.37. The highest BCUT2D eigenvalue weighted by Gasteiger charge is 2.54. The van der Waals surface area contributed by atoms with Gasteiger partial charge in [0.1, 0.15) is 0 Å². The molecule has 6 nitrogen and oxygen atoms in total. The molecule has 0 aliphatic carbocycles. The van der Waals surface area contributed by atoms with E-state index in [2.05, 4.69) is 50.0 Å². The van der Waals surface area contributed by atoms with Crippen molar-refractivity contribution in [2.75, 3.05) is 32.7 Å². The van der Waals surface area contributed by atoms with Crippen LogP contribution in [0.4, 0.5) is 0 Å². The van der Waals surface area contributed by atoms with Crippen molar-refractivity contribution in [3.8, 4) is 0 Å². The van der Waals surface area contributed by atoms with Gasteiger partial charge in [0, 0.05) is 51.4 Å². The molecule has 25 heavy (non-hydrogen) atoms. The third-order valence-electron chi connectivity index (χ3n) is 5.55. The average Bonchev–Trinajstić information content (AvgIpc) is 3.32. The Bertz CT molecular complexity index is 702. The molecule has 2 aliphatic rings. The van der Waals surface area contributed by atoms with Crippen LogP contribution in [0.2, 0.25) is 0 Å². The largest absolute Gasteiger partial charge is 0.355 e. The second kappa shape index (κ2) is 6.98. The van der Waals surface area contributed by atoms with Crippen molar-refractivity contribution in [3.05, 3.63) is 53.9 Å². The summed E-state index contributed by atoms with van der Waals surface area (Å²) in [6, 6.07) is 10.5. The van der Waals surface area contributed by atoms with Gasteiger partial charge in [0.05, 0.1) is 11.6 Å². The molecule has 2 aliphatic heterocycles. The Labute approximate surface area is 148 Å². The number of carbonyl (C=O) groups is 1. The van der Waals surface area contributed by atoms with Crippen LogP contribution in [0.3, 0.4) is 0 Å². The molecule has 0 bridgehead atoms. The minimum atomic E-state index is -0.287. The van der Waals surface area contributed by atoms with Gasteiger partial charge in [0.15, 0.2) is 0 Å². The molecule has 2 fully saturated rings. The zero-order chi connectivity index (χ0) is 17.1. The van der Waals surface area contributed by atoms with Crippen LogP contribution in [0.1, 0.15) is 11.1 Å². The highest BCUT2D eigenvalue weighted by atomic mass is 16.2. The van der Waals surface area contributed by atoms with Crippen molar-refractivity contribution in [2.45, 2.75) is 13.0 Å². The molecule has 0 spiro atoms. The van der Waals surface area contributed by atoms with Crippen LogP contribution in [0, 0.1) is 11.3 Å². The maximum absolute atomic E-state index is 13.0. The minimum Gasteiger partial charge on any atom is -0.355 e. The molecule has 1 aromatic heterocycles. The van der Waals surface area contributed by atoms with E-state index in [9.17, 15) is 4.79 Å². The van der Waals surface area contributed by atoms with Gasteiger partial charge in [-0.3, -0.25) is 14.8 Å². The number of nitrogens with zero attached hydrogens (tertiary/aromatic N) is 2. The molecule has 6 heteroatoms. The Hall–Kier alpha value is -2.18. The van der Waals surface area contributed by atoms with Crippen LogP contribution in [-0.4, -0.2) is 53.7 Å². The van der Waals surface area contributed by atoms with Crippen molar-refractivity contribution < 1.29 is 4.79 Å². The maximum atomic E-state index is 13.0. The molecule has 0 unspecified atom stereocenters. The summed E-state index contributed by atoms with van der Waals surface area (Å²) in [5.74, 6) is 0.590. The summed E-state index contributed by atoms with van der Waals surface area (Å²) >= 11 is 0. The Morgan fingerprint density at radius 1 is 1.32 bits per heavy atom. The summed E-state index contributed by atoms with van der Waals surface area (Å²) in [6.45, 7) is 5.10. The quantitative estimate of drug-likeness (QED) is 0.728. The SMILES string of the molecule is O=C(NCCc1cn[nH]c1)[C@@]12CNC[C@@H]1CN(Cc1ccccc1)C2. The molecule has 1 aromatic carbocycles. The highest BCUT2D eigenvalue weighted by Crippen LogP contribution is 2.39. The predicted molar refractivity (Wildman–Crippen MR) is 95.8 cm³/mol. The summed E-state index contributed by atoms with van der Waals surface area (Å²) in [4.78, 5) is 15.4. The molecule has 2 aromatic rings. The predicted octanol–water partition coefficient (Wildman–Crippen LogP) is 0.790. The van der Waals surface area contributed by atoms with Gasteiger partial charge in [0.25, 0.3) is 0 Å². The summed E-state index contributed by atoms with van der Waals surface area (Å²) in [5, 5.41) is 13.3. The minimum absolute atomic E-state index is 0.196. The van der Waals surface area contributed by atoms with Crippen molar-refractivity contribution in [3.63, 3.8) is 0 Å². The van der Waals surface area contributed by atoms with E-state index in [0.29, 0.717) is 12.5 Å². The highest BCUT2D eigenvalue weighted by molar-refractivity contribution is 5.84. The standard InChI is InChI=1S/C19H25N5O/c25-18(21-7-6-16-8-22-23-9-16)19-13-20-10-17(19)12-24(14-19)11-15-4-2-1-3-5-15/h1-5,8-9,17,20H,6-7,10-14H2,(H,21,25)(H,22,23)/t17-,19-/m1/s1. The molecule has 2 saturated heterocycles. The van der Waals surface area contributed by atoms with E-state index in [1.165, 1.54) is 5.56 Å². The van der Waals surface area contributed by atoms with Crippen LogP contribution >= 0.6 is 0 Å². The van der Waals surface area contributed by atoms with Gasteiger partial charge in [0.2, 0.25) is 5.91 Å². The number of amides is 1. The van der Waals surface area contributed by atoms with E-state index < -0.39 is 0 Å². The number of carbonyl (C=O) groups excluding carboxylic acids is 1. The smallest absolute Gasteiger partial charge is 0.229 e. The molecule has 0 radical (unpaired) electrons. The van der Waals surface area contributed by atoms with Crippen molar-refractivity contribution in [1.82, 2.24) is 25.7 Å². The monoisotopic (exact) mass is 339 g/mol. The second-order valence-electron chi connectivity index (χ2n) is 7.25. The van der Waals surface area contributed by atoms with Crippen molar-refractivity contribution in [2.24, 2.45) is 11.3 Å². The fourth-order valence-corrected chi connectivity index (χ4v) is 4.22. The first-order chi connectivity index (χ1) is 12.3. The van der Waals surface area contributed by atoms with Gasteiger partial charge < -0.3 is 10.6 Å². The molecule has 0 saturated carbocycles. The third kappa shape index (κ3) is 3.32. The number of aromatic nitrogens is 2. The molecular weight excluding hydrogens is 314 g/mol. The lowest BCUT2D eigenvalue weighted by molar-refractivity contribution is -0.130. The van der Waals surface area contributed by atoms with Crippen LogP contribution in [-0.2, 0) is 17.8 Å². The number of hydrogen-bond acceptors (Lipinski definition) is 4. The lowest BCUT2D eigenvalue weighted by Crippen LogP contribution is -2.47. The van der Waals surface area contributed by atoms with Gasteiger partial charge in [-0.2, -0.15) is 5.10 Å². The van der Waals surface area contributed by atoms with Crippen molar-refractivity contribution in [1.29, 1.82) is 0 Å². The Morgan fingerprint density at radius 3 is 3.00 bits per heavy atom. The first-order valence-electron chi connectivity index (χ1n) is 8.99. The fraction of sp³-hybridized carbons (Fsp3) is 0.474. The summed E-state index contributed by atoms with van der Waals surface area (Å²) in [5.41, 5.74) is 2.15. The number of nitrogens with one attached hydrogen (secondary N) is 3. The topological polar surface area (TPSA) is 73.0 Å². The third-order valence-corrected chi connectivity index (χ3v) is 5.55. The number of benzene rings is 1. The molecule has 2 atom stereocenters. The molecule has 3 N–H and O–H groups in total. The molecular formula is C19H25N5O. The molecule has 4 rings (SSSR count). The van der Waals surface area contributed by atoms with E-state index in [1.54, 1.807) is 0 Å². The van der Waals surface area contributed by atoms with Crippen LogP contribution < -0.4 is 10.6 Å². The number of aromatic amines is 1. The first kappa shape index (κ1) is 16.3. The average molecular weight is 339 g/mol. The van der Waals surface area contributed by atoms with Crippen LogP contribution in [0.25, 0.3) is 0 Å². The van der Waals surface area contributed by atoms with Gasteiger partial charge in [-0.15, -0.1) is 0 Å². The van der Waals surface area contributed by atoms with Gasteiger partial charge in [-0.1, -0.05) is 30.3 Å². The first-order valence-corrected chi connectivity index (χ1v) is 8.99. The Kier molecular flexibility index (Phi) is 4.55. The Morgan fingerprint density at radius 2 is 2.20 bits per heavy atom. The summed E-state index contributed by atoms with van der Waals surface area (Å²) < 4.78 is 0. The zero-order valence-corrected chi connectivity index (χ0v) is 14.4. The van der Waals surface area contributed by atoms with Gasteiger partial charge in [-0.05, 0) is 17.5 Å². The summed E-state index contributed by atoms with van der Waals surface area (Å²) in [7, 11) is 0. The van der Waals surface area contributed by atoms with Crippen LogP contribution in [0.5, 0.6) is 0 Å². The molecule has 132 valence electrons. The molecule has 3 heterocycles. The fourth-order valence-electron chi connectivity index (χ4n) is 4.22. The summed E-state index contributed by atoms with van der Waals surface area (Å²) in [6.07, 6.45) is 4.49. The van der Waals surface area contributed by atoms with E-state index in [1.807, 2.05) is 18.5 Å². The van der Waals surface area contributed by atoms with E-state index in [-0.39, 0.29) is 11.3 Å². The van der Waals surface area contributed by atoms with E-state index >= 15 is 0 Å². The molecule has 1 amide bonds. The normalized spacial score (nSPS) is 25.8. The van der Waals surface area contributed by atoms with Crippen molar-refractivity contribution >= 4 is 5.91 Å². The number of hydrogen-bond donors (Lipinski definition) is 3. The lowest BCUT2D eigenvalue weighted by atomic mass is 9.80. The maximum Gasteiger partial charge on any atom is 0.229 e. The number of likely N-dealkylation sites (tertiary alicyclic amines) is 1. The zero-order valence-electron chi connectivity index (χ0n) is 14.4. The lowest BCUT2D eigenvalue weighted by Gasteiger charge is -2.27. The number of H-pyrrole nitrogens is 1. The number of fused-ring (bicyclic) bond motifs is 1. The van der Waals surface area contributed by atoms with E-state index in [0.717, 1.165) is 44.7 Å². The van der Waals surface area contributed by atoms with Crippen LogP contribution in [0.15, 0.2) is 42.7 Å². The van der Waals surface area contributed by atoms with E-state index in [4.69, 9.17) is 0 Å².